The molecule has 4 aromatic carbocycles. The summed E-state index contributed by atoms with van der Waals surface area (Å²) in [5.41, 5.74) is 2.14. The Hall–Kier alpha value is -5.48. The minimum absolute atomic E-state index is 0.110. The number of nitrogens with one attached hydrogen (secondary N) is 5. The average Bonchev–Trinajstić information content (AvgIpc) is 3.32. The number of benzene rings is 4. The van der Waals surface area contributed by atoms with Crippen molar-refractivity contribution in [3.8, 4) is 0 Å². The van der Waals surface area contributed by atoms with Crippen molar-refractivity contribution in [1.29, 1.82) is 0 Å². The zero-order valence-electron chi connectivity index (χ0n) is 36.2. The van der Waals surface area contributed by atoms with Gasteiger partial charge in [0.2, 0.25) is 0 Å². The van der Waals surface area contributed by atoms with Crippen LogP contribution in [-0.2, 0) is 19.0 Å². The highest BCUT2D eigenvalue weighted by Gasteiger charge is 2.60. The van der Waals surface area contributed by atoms with E-state index in [1.807, 2.05) is 91.7 Å². The lowest BCUT2D eigenvalue weighted by molar-refractivity contribution is -0.321. The highest BCUT2D eigenvalue weighted by Crippen LogP contribution is 2.43. The lowest BCUT2D eigenvalue weighted by Crippen LogP contribution is -2.79. The maximum absolute atomic E-state index is 14.2. The van der Waals surface area contributed by atoms with E-state index in [0.717, 1.165) is 0 Å². The van der Waals surface area contributed by atoms with Gasteiger partial charge in [-0.25, -0.2) is 0 Å². The van der Waals surface area contributed by atoms with Crippen LogP contribution in [0.4, 0.5) is 0 Å². The second-order valence-corrected chi connectivity index (χ2v) is 17.4. The van der Waals surface area contributed by atoms with Gasteiger partial charge in [0.05, 0.1) is 73.4 Å². The Morgan fingerprint density at radius 3 is 1.56 bits per heavy atom. The van der Waals surface area contributed by atoms with Crippen LogP contribution >= 0.6 is 0 Å². The van der Waals surface area contributed by atoms with Gasteiger partial charge < -0.3 is 40.8 Å². The third kappa shape index (κ3) is 9.35. The van der Waals surface area contributed by atoms with E-state index in [-0.39, 0.29) is 60.0 Å². The molecule has 0 radical (unpaired) electrons. The Kier molecular flexibility index (Phi) is 13.5. The van der Waals surface area contributed by atoms with Gasteiger partial charge in [-0.3, -0.25) is 24.0 Å². The SMILES string of the molecule is CCOC1CC2OC3C(CC4OC5CC(NC(=O)c6ccccc6)C(NC(=O)c6ccccc6)CC5N(OCC)C4C3NC(=O)c3ccccc3)NC2CC1NC(=O)c1ccccc1. The zero-order chi connectivity index (χ0) is 44.2. The number of rotatable bonds is 12. The number of carbonyl (C=O) groups excluding carboxylic acids is 4. The molecule has 2 heterocycles. The molecule has 336 valence electrons. The Balaban J connectivity index is 1.02. The van der Waals surface area contributed by atoms with Crippen LogP contribution in [0.2, 0.25) is 0 Å². The molecule has 2 aliphatic heterocycles. The van der Waals surface area contributed by atoms with E-state index in [1.165, 1.54) is 0 Å². The summed E-state index contributed by atoms with van der Waals surface area (Å²) in [4.78, 5) is 61.8. The highest BCUT2D eigenvalue weighted by molar-refractivity contribution is 5.96. The summed E-state index contributed by atoms with van der Waals surface area (Å²) in [5, 5.41) is 19.1. The minimum atomic E-state index is -0.591. The van der Waals surface area contributed by atoms with Gasteiger partial charge >= 0.3 is 0 Å². The topological polar surface area (TPSA) is 169 Å². The van der Waals surface area contributed by atoms with E-state index in [1.54, 1.807) is 48.5 Å². The van der Waals surface area contributed by atoms with Crippen LogP contribution in [0.15, 0.2) is 121 Å². The number of amides is 4. The van der Waals surface area contributed by atoms with Crippen LogP contribution in [0.25, 0.3) is 0 Å². The monoisotopic (exact) mass is 870 g/mol. The summed E-state index contributed by atoms with van der Waals surface area (Å²) in [6, 6.07) is 33.5. The Morgan fingerprint density at radius 2 is 1.05 bits per heavy atom. The fraction of sp³-hybridized carbons (Fsp3) is 0.440. The zero-order valence-corrected chi connectivity index (χ0v) is 36.2. The van der Waals surface area contributed by atoms with Crippen molar-refractivity contribution < 1.29 is 38.2 Å². The predicted octanol–water partition coefficient (Wildman–Crippen LogP) is 4.43. The molecular formula is C50H58N6O8. The molecular weight excluding hydrogens is 813 g/mol. The number of morpholine rings is 2. The fourth-order valence-corrected chi connectivity index (χ4v) is 10.7. The van der Waals surface area contributed by atoms with E-state index in [4.69, 9.17) is 19.0 Å². The minimum Gasteiger partial charge on any atom is -0.376 e. The molecule has 0 aromatic heterocycles. The standard InChI is InChI=1S/C50H58N6O8/c1-3-61-40-29-41-37(25-36(40)54-49(59)32-21-13-7-14-22-32)51-38-28-43-45(44(46(38)64-41)55-50(60)33-23-15-8-16-24-33)56(62-4-2)39-26-34(52-47(57)30-17-9-5-10-18-30)35(27-42(39)63-43)53-48(58)31-19-11-6-12-20-31/h5-24,34-46,51H,3-4,25-29H2,1-2H3,(H,52,57)(H,53,58)(H,54,59)(H,55,60). The second-order valence-electron chi connectivity index (χ2n) is 17.4. The van der Waals surface area contributed by atoms with Crippen LogP contribution in [0, 0.1) is 0 Å². The molecule has 0 spiro atoms. The summed E-state index contributed by atoms with van der Waals surface area (Å²) >= 11 is 0. The molecule has 14 heteroatoms. The lowest BCUT2D eigenvalue weighted by Gasteiger charge is -2.61. The van der Waals surface area contributed by atoms with Crippen molar-refractivity contribution in [3.05, 3.63) is 144 Å². The van der Waals surface area contributed by atoms with Crippen LogP contribution < -0.4 is 26.6 Å². The summed E-state index contributed by atoms with van der Waals surface area (Å²) in [5.74, 6) is -0.876. The molecule has 5 aliphatic rings. The van der Waals surface area contributed by atoms with E-state index in [9.17, 15) is 19.2 Å². The number of ether oxygens (including phenoxy) is 3. The van der Waals surface area contributed by atoms with E-state index < -0.39 is 42.5 Å². The van der Waals surface area contributed by atoms with Gasteiger partial charge in [-0.05, 0) is 88.1 Å². The first-order valence-electron chi connectivity index (χ1n) is 22.8. The van der Waals surface area contributed by atoms with Crippen LogP contribution in [-0.4, -0.2) is 121 Å². The van der Waals surface area contributed by atoms with Gasteiger partial charge in [0.25, 0.3) is 23.6 Å². The molecule has 13 atom stereocenters. The Bertz CT molecular complexity index is 2220. The molecule has 3 saturated carbocycles. The van der Waals surface area contributed by atoms with Crippen molar-refractivity contribution in [2.75, 3.05) is 13.2 Å². The van der Waals surface area contributed by atoms with Crippen LogP contribution in [0.5, 0.6) is 0 Å². The summed E-state index contributed by atoms with van der Waals surface area (Å²) in [6.45, 7) is 4.72. The van der Waals surface area contributed by atoms with Crippen molar-refractivity contribution >= 4 is 23.6 Å². The summed E-state index contributed by atoms with van der Waals surface area (Å²) in [6.07, 6.45) is 0.629. The Morgan fingerprint density at radius 1 is 0.547 bits per heavy atom. The van der Waals surface area contributed by atoms with E-state index >= 15 is 0 Å². The number of nitrogens with zero attached hydrogens (tertiary/aromatic N) is 1. The third-order valence-electron chi connectivity index (χ3n) is 13.5. The van der Waals surface area contributed by atoms with Gasteiger partial charge in [0, 0.05) is 47.4 Å². The van der Waals surface area contributed by atoms with Crippen molar-refractivity contribution in [2.24, 2.45) is 0 Å². The molecule has 5 fully saturated rings. The molecule has 9 rings (SSSR count). The normalized spacial score (nSPS) is 32.0. The molecule has 3 aliphatic carbocycles. The quantitative estimate of drug-likeness (QED) is 0.138. The number of hydrogen-bond acceptors (Lipinski definition) is 10. The molecule has 2 saturated heterocycles. The maximum atomic E-state index is 14.2. The van der Waals surface area contributed by atoms with Crippen LogP contribution in [0.1, 0.15) is 87.4 Å². The molecule has 4 aromatic rings. The van der Waals surface area contributed by atoms with Gasteiger partial charge in [0.15, 0.2) is 0 Å². The first-order valence-corrected chi connectivity index (χ1v) is 22.8. The van der Waals surface area contributed by atoms with Crippen LogP contribution in [0.3, 0.4) is 0 Å². The van der Waals surface area contributed by atoms with Crippen molar-refractivity contribution in [2.45, 2.75) is 125 Å². The molecule has 5 N–H and O–H groups in total. The fourth-order valence-electron chi connectivity index (χ4n) is 10.7. The molecule has 14 nitrogen and oxygen atoms in total. The third-order valence-corrected chi connectivity index (χ3v) is 13.5. The van der Waals surface area contributed by atoms with Gasteiger partial charge in [-0.2, -0.15) is 5.06 Å². The second kappa shape index (κ2) is 19.7. The lowest BCUT2D eigenvalue weighted by atomic mass is 9.74. The summed E-state index contributed by atoms with van der Waals surface area (Å²) < 4.78 is 20.7. The smallest absolute Gasteiger partial charge is 0.251 e. The van der Waals surface area contributed by atoms with Gasteiger partial charge in [0.1, 0.15) is 0 Å². The first kappa shape index (κ1) is 43.8. The number of hydroxylamine groups is 2. The van der Waals surface area contributed by atoms with Crippen molar-refractivity contribution in [1.82, 2.24) is 31.6 Å². The molecule has 4 amide bonds. The number of hydrogen-bond donors (Lipinski definition) is 5. The molecule has 0 bridgehead atoms. The predicted molar refractivity (Wildman–Crippen MR) is 238 cm³/mol. The first-order chi connectivity index (χ1) is 31.3. The van der Waals surface area contributed by atoms with E-state index in [2.05, 4.69) is 26.6 Å². The highest BCUT2D eigenvalue weighted by atomic mass is 16.7. The Labute approximate surface area is 374 Å². The van der Waals surface area contributed by atoms with Gasteiger partial charge in [-0.15, -0.1) is 0 Å². The van der Waals surface area contributed by atoms with Crippen molar-refractivity contribution in [3.63, 3.8) is 0 Å². The van der Waals surface area contributed by atoms with Gasteiger partial charge in [-0.1, -0.05) is 72.8 Å². The number of carbonyl (C=O) groups is 4. The maximum Gasteiger partial charge on any atom is 0.251 e. The average molecular weight is 871 g/mol. The molecule has 13 unspecified atom stereocenters. The number of fused-ring (bicyclic) bond motifs is 4. The van der Waals surface area contributed by atoms with E-state index in [0.29, 0.717) is 67.6 Å². The largest absolute Gasteiger partial charge is 0.376 e. The molecule has 64 heavy (non-hydrogen) atoms. The summed E-state index contributed by atoms with van der Waals surface area (Å²) in [7, 11) is 0.